The number of imidazole rings is 1. The second-order valence-corrected chi connectivity index (χ2v) is 7.24. The number of benzene rings is 1. The Morgan fingerprint density at radius 3 is 2.88 bits per heavy atom. The van der Waals surface area contributed by atoms with E-state index in [0.717, 1.165) is 36.5 Å². The Morgan fingerprint density at radius 1 is 1.36 bits per heavy atom. The molecule has 1 aliphatic heterocycles. The van der Waals surface area contributed by atoms with Crippen molar-refractivity contribution in [2.24, 2.45) is 5.92 Å². The number of aromatic nitrogens is 2. The SMILES string of the molecule is COCCN1C[C@@H](CN(C)Cc2nc3cc(C)c(C)cc3[nH]2)CC1=O. The third-order valence-electron chi connectivity index (χ3n) is 5.00. The van der Waals surface area contributed by atoms with Crippen LogP contribution in [-0.2, 0) is 16.1 Å². The molecule has 136 valence electrons. The predicted octanol–water partition coefficient (Wildman–Crippen LogP) is 2.11. The molecule has 1 aromatic carbocycles. The van der Waals surface area contributed by atoms with Crippen LogP contribution in [0, 0.1) is 19.8 Å². The van der Waals surface area contributed by atoms with Crippen molar-refractivity contribution < 1.29 is 9.53 Å². The molecule has 0 bridgehead atoms. The average Bonchev–Trinajstić information content (AvgIpc) is 3.08. The highest BCUT2D eigenvalue weighted by atomic mass is 16.5. The normalized spacial score (nSPS) is 18.0. The fraction of sp³-hybridized carbons (Fsp3) is 0.579. The molecule has 6 heteroatoms. The summed E-state index contributed by atoms with van der Waals surface area (Å²) in [4.78, 5) is 24.3. The molecule has 1 amide bonds. The molecule has 2 heterocycles. The number of ether oxygens (including phenoxy) is 1. The van der Waals surface area contributed by atoms with Crippen LogP contribution in [0.25, 0.3) is 11.0 Å². The second kappa shape index (κ2) is 7.54. The number of carbonyl (C=O) groups is 1. The Kier molecular flexibility index (Phi) is 5.39. The van der Waals surface area contributed by atoms with Crippen molar-refractivity contribution in [3.8, 4) is 0 Å². The Balaban J connectivity index is 1.58. The minimum atomic E-state index is 0.241. The fourth-order valence-corrected chi connectivity index (χ4v) is 3.55. The smallest absolute Gasteiger partial charge is 0.223 e. The number of aromatic amines is 1. The first kappa shape index (κ1) is 17.9. The molecule has 0 unspecified atom stereocenters. The molecule has 25 heavy (non-hydrogen) atoms. The number of aryl methyl sites for hydroxylation is 2. The lowest BCUT2D eigenvalue weighted by molar-refractivity contribution is -0.128. The van der Waals surface area contributed by atoms with E-state index in [1.165, 1.54) is 11.1 Å². The van der Waals surface area contributed by atoms with Crippen LogP contribution in [0.15, 0.2) is 12.1 Å². The van der Waals surface area contributed by atoms with Crippen LogP contribution in [0.5, 0.6) is 0 Å². The first-order chi connectivity index (χ1) is 12.0. The van der Waals surface area contributed by atoms with Gasteiger partial charge in [-0.15, -0.1) is 0 Å². The summed E-state index contributed by atoms with van der Waals surface area (Å²) < 4.78 is 5.08. The van der Waals surface area contributed by atoms with Gasteiger partial charge < -0.3 is 14.6 Å². The van der Waals surface area contributed by atoms with E-state index < -0.39 is 0 Å². The number of H-pyrrole nitrogens is 1. The van der Waals surface area contributed by atoms with Crippen molar-refractivity contribution in [3.63, 3.8) is 0 Å². The second-order valence-electron chi connectivity index (χ2n) is 7.24. The maximum atomic E-state index is 12.0. The first-order valence-corrected chi connectivity index (χ1v) is 8.87. The van der Waals surface area contributed by atoms with Gasteiger partial charge in [0.1, 0.15) is 5.82 Å². The molecular weight excluding hydrogens is 316 g/mol. The topological polar surface area (TPSA) is 61.5 Å². The minimum Gasteiger partial charge on any atom is -0.383 e. The lowest BCUT2D eigenvalue weighted by Gasteiger charge is -2.20. The van der Waals surface area contributed by atoms with Crippen LogP contribution < -0.4 is 0 Å². The summed E-state index contributed by atoms with van der Waals surface area (Å²) in [6.45, 7) is 8.00. The number of fused-ring (bicyclic) bond motifs is 1. The largest absolute Gasteiger partial charge is 0.383 e. The molecule has 0 spiro atoms. The van der Waals surface area contributed by atoms with Crippen LogP contribution in [0.4, 0.5) is 0 Å². The van der Waals surface area contributed by atoms with Crippen LogP contribution in [0.1, 0.15) is 23.4 Å². The maximum absolute atomic E-state index is 12.0. The summed E-state index contributed by atoms with van der Waals surface area (Å²) in [5.41, 5.74) is 4.65. The van der Waals surface area contributed by atoms with Crippen molar-refractivity contribution in [1.29, 1.82) is 0 Å². The van der Waals surface area contributed by atoms with E-state index >= 15 is 0 Å². The number of amides is 1. The minimum absolute atomic E-state index is 0.241. The molecular formula is C19H28N4O2. The van der Waals surface area contributed by atoms with E-state index in [-0.39, 0.29) is 5.91 Å². The Hall–Kier alpha value is -1.92. The Labute approximate surface area is 149 Å². The van der Waals surface area contributed by atoms with Gasteiger partial charge in [0.25, 0.3) is 0 Å². The summed E-state index contributed by atoms with van der Waals surface area (Å²) in [5.74, 6) is 1.59. The highest BCUT2D eigenvalue weighted by Crippen LogP contribution is 2.20. The summed E-state index contributed by atoms with van der Waals surface area (Å²) in [7, 11) is 3.76. The highest BCUT2D eigenvalue weighted by Gasteiger charge is 2.29. The van der Waals surface area contributed by atoms with Gasteiger partial charge in [-0.3, -0.25) is 9.69 Å². The van der Waals surface area contributed by atoms with Gasteiger partial charge in [0.2, 0.25) is 5.91 Å². The van der Waals surface area contributed by atoms with E-state index in [0.29, 0.717) is 25.5 Å². The van der Waals surface area contributed by atoms with Crippen LogP contribution in [0.2, 0.25) is 0 Å². The van der Waals surface area contributed by atoms with Gasteiger partial charge in [-0.2, -0.15) is 0 Å². The zero-order valence-electron chi connectivity index (χ0n) is 15.6. The number of likely N-dealkylation sites (tertiary alicyclic amines) is 1. The molecule has 1 atom stereocenters. The van der Waals surface area contributed by atoms with Gasteiger partial charge in [0.15, 0.2) is 0 Å². The highest BCUT2D eigenvalue weighted by molar-refractivity contribution is 5.78. The van der Waals surface area contributed by atoms with Crippen LogP contribution in [0.3, 0.4) is 0 Å². The summed E-state index contributed by atoms with van der Waals surface area (Å²) in [6.07, 6.45) is 0.632. The van der Waals surface area contributed by atoms with Gasteiger partial charge in [-0.1, -0.05) is 0 Å². The predicted molar refractivity (Wildman–Crippen MR) is 98.5 cm³/mol. The lowest BCUT2D eigenvalue weighted by atomic mass is 10.1. The van der Waals surface area contributed by atoms with E-state index in [9.17, 15) is 4.79 Å². The van der Waals surface area contributed by atoms with Gasteiger partial charge in [-0.25, -0.2) is 4.98 Å². The van der Waals surface area contributed by atoms with Crippen molar-refractivity contribution in [2.45, 2.75) is 26.8 Å². The molecule has 3 rings (SSSR count). The first-order valence-electron chi connectivity index (χ1n) is 8.87. The van der Waals surface area contributed by atoms with Crippen molar-refractivity contribution in [3.05, 3.63) is 29.1 Å². The molecule has 1 aromatic heterocycles. The van der Waals surface area contributed by atoms with Gasteiger partial charge in [-0.05, 0) is 50.1 Å². The van der Waals surface area contributed by atoms with Gasteiger partial charge >= 0.3 is 0 Å². The number of hydrogen-bond acceptors (Lipinski definition) is 4. The number of nitrogens with one attached hydrogen (secondary N) is 1. The van der Waals surface area contributed by atoms with Crippen molar-refractivity contribution in [2.75, 3.05) is 40.4 Å². The maximum Gasteiger partial charge on any atom is 0.223 e. The zero-order chi connectivity index (χ0) is 18.0. The summed E-state index contributed by atoms with van der Waals surface area (Å²) in [5, 5.41) is 0. The van der Waals surface area contributed by atoms with Crippen molar-refractivity contribution >= 4 is 16.9 Å². The standard InChI is InChI=1S/C19H28N4O2/c1-13-7-16-17(8-14(13)2)21-18(20-16)12-22(3)10-15-9-19(24)23(11-15)5-6-25-4/h7-8,15H,5-6,9-12H2,1-4H3,(H,20,21)/t15-/m1/s1. The molecule has 2 aromatic rings. The molecule has 6 nitrogen and oxygen atoms in total. The van der Waals surface area contributed by atoms with Gasteiger partial charge in [0.05, 0.1) is 24.2 Å². The summed E-state index contributed by atoms with van der Waals surface area (Å²) in [6, 6.07) is 4.29. The number of rotatable bonds is 7. The summed E-state index contributed by atoms with van der Waals surface area (Å²) >= 11 is 0. The average molecular weight is 344 g/mol. The Bertz CT molecular complexity index is 716. The third-order valence-corrected chi connectivity index (χ3v) is 5.00. The van der Waals surface area contributed by atoms with E-state index in [4.69, 9.17) is 9.72 Å². The number of carbonyl (C=O) groups excluding carboxylic acids is 1. The van der Waals surface area contributed by atoms with E-state index in [2.05, 4.69) is 42.9 Å². The molecule has 1 N–H and O–H groups in total. The number of hydrogen-bond donors (Lipinski definition) is 1. The fourth-order valence-electron chi connectivity index (χ4n) is 3.55. The van der Waals surface area contributed by atoms with Crippen LogP contribution >= 0.6 is 0 Å². The number of nitrogens with zero attached hydrogens (tertiary/aromatic N) is 3. The third kappa shape index (κ3) is 4.19. The van der Waals surface area contributed by atoms with Crippen LogP contribution in [-0.4, -0.2) is 66.1 Å². The lowest BCUT2D eigenvalue weighted by Crippen LogP contribution is -2.31. The zero-order valence-corrected chi connectivity index (χ0v) is 15.6. The molecule has 1 fully saturated rings. The monoisotopic (exact) mass is 344 g/mol. The molecule has 1 saturated heterocycles. The number of methoxy groups -OCH3 is 1. The quantitative estimate of drug-likeness (QED) is 0.836. The molecule has 0 saturated carbocycles. The van der Waals surface area contributed by atoms with Gasteiger partial charge in [0, 0.05) is 33.2 Å². The molecule has 0 aliphatic carbocycles. The van der Waals surface area contributed by atoms with E-state index in [1.807, 2.05) is 4.90 Å². The van der Waals surface area contributed by atoms with E-state index in [1.54, 1.807) is 7.11 Å². The van der Waals surface area contributed by atoms with Crippen molar-refractivity contribution in [1.82, 2.24) is 19.8 Å². The Morgan fingerprint density at radius 2 is 2.12 bits per heavy atom. The molecule has 1 aliphatic rings. The molecule has 0 radical (unpaired) electrons.